The molecule has 0 aliphatic carbocycles. The highest BCUT2D eigenvalue weighted by molar-refractivity contribution is 6.03. The molecule has 0 bridgehead atoms. The lowest BCUT2D eigenvalue weighted by Gasteiger charge is -2.17. The molecular formula is C22H21N5O. The zero-order chi connectivity index (χ0) is 20.1. The highest BCUT2D eigenvalue weighted by Crippen LogP contribution is 2.29. The molecule has 0 fully saturated rings. The monoisotopic (exact) mass is 371 g/mol. The number of aromatic nitrogens is 2. The summed E-state index contributed by atoms with van der Waals surface area (Å²) in [6.07, 6.45) is 1.36. The van der Waals surface area contributed by atoms with E-state index in [0.29, 0.717) is 23.0 Å². The third-order valence-electron chi connectivity index (χ3n) is 4.33. The van der Waals surface area contributed by atoms with Crippen molar-refractivity contribution in [2.24, 2.45) is 0 Å². The van der Waals surface area contributed by atoms with Gasteiger partial charge in [0.2, 0.25) is 0 Å². The number of anilines is 3. The zero-order valence-electron chi connectivity index (χ0n) is 16.0. The standard InChI is InChI=1S/C22H21N5O/c1-14(2)18-9-4-6-15(3)21(18)27-20-11-19(24-13-25-20)22(28)26-17-8-5-7-16(10-17)12-23/h4-11,13-14H,1-3H3,(H,26,28)(H,24,25,27). The van der Waals surface area contributed by atoms with Crippen LogP contribution in [0.5, 0.6) is 0 Å². The van der Waals surface area contributed by atoms with Gasteiger partial charge < -0.3 is 10.6 Å². The van der Waals surface area contributed by atoms with E-state index in [9.17, 15) is 4.79 Å². The van der Waals surface area contributed by atoms with Crippen molar-refractivity contribution in [3.63, 3.8) is 0 Å². The van der Waals surface area contributed by atoms with Gasteiger partial charge in [-0.2, -0.15) is 5.26 Å². The number of nitriles is 1. The van der Waals surface area contributed by atoms with E-state index in [4.69, 9.17) is 5.26 Å². The minimum absolute atomic E-state index is 0.236. The molecule has 0 saturated carbocycles. The lowest BCUT2D eigenvalue weighted by Crippen LogP contribution is -2.14. The van der Waals surface area contributed by atoms with Gasteiger partial charge in [0.15, 0.2) is 0 Å². The summed E-state index contributed by atoms with van der Waals surface area (Å²) in [5.41, 5.74) is 4.52. The van der Waals surface area contributed by atoms with Crippen LogP contribution in [-0.4, -0.2) is 15.9 Å². The van der Waals surface area contributed by atoms with E-state index >= 15 is 0 Å². The molecule has 0 unspecified atom stereocenters. The predicted molar refractivity (Wildman–Crippen MR) is 110 cm³/mol. The summed E-state index contributed by atoms with van der Waals surface area (Å²) < 4.78 is 0. The van der Waals surface area contributed by atoms with Crippen LogP contribution in [-0.2, 0) is 0 Å². The van der Waals surface area contributed by atoms with E-state index in [1.165, 1.54) is 11.9 Å². The van der Waals surface area contributed by atoms with E-state index in [2.05, 4.69) is 40.5 Å². The number of hydrogen-bond donors (Lipinski definition) is 2. The van der Waals surface area contributed by atoms with Gasteiger partial charge in [0.25, 0.3) is 5.91 Å². The van der Waals surface area contributed by atoms with Crippen LogP contribution in [0.2, 0.25) is 0 Å². The maximum absolute atomic E-state index is 12.5. The Morgan fingerprint density at radius 3 is 2.64 bits per heavy atom. The van der Waals surface area contributed by atoms with Crippen LogP contribution in [0.15, 0.2) is 54.9 Å². The number of amides is 1. The highest BCUT2D eigenvalue weighted by atomic mass is 16.1. The summed E-state index contributed by atoms with van der Waals surface area (Å²) in [7, 11) is 0. The molecule has 2 aromatic carbocycles. The van der Waals surface area contributed by atoms with Gasteiger partial charge >= 0.3 is 0 Å². The molecule has 140 valence electrons. The van der Waals surface area contributed by atoms with Crippen molar-refractivity contribution in [1.29, 1.82) is 5.26 Å². The molecule has 28 heavy (non-hydrogen) atoms. The van der Waals surface area contributed by atoms with Crippen LogP contribution in [0.1, 0.15) is 46.9 Å². The minimum Gasteiger partial charge on any atom is -0.340 e. The molecule has 0 saturated heterocycles. The summed E-state index contributed by atoms with van der Waals surface area (Å²) in [6, 6.07) is 16.5. The molecule has 6 heteroatoms. The molecule has 0 radical (unpaired) electrons. The average molecular weight is 371 g/mol. The Morgan fingerprint density at radius 2 is 1.89 bits per heavy atom. The Bertz CT molecular complexity index is 1050. The molecule has 3 aromatic rings. The van der Waals surface area contributed by atoms with Gasteiger partial charge in [-0.1, -0.05) is 38.1 Å². The summed E-state index contributed by atoms with van der Waals surface area (Å²) in [5, 5.41) is 15.1. The largest absolute Gasteiger partial charge is 0.340 e. The number of carbonyl (C=O) groups excluding carboxylic acids is 1. The minimum atomic E-state index is -0.366. The van der Waals surface area contributed by atoms with Gasteiger partial charge in [0, 0.05) is 17.4 Å². The SMILES string of the molecule is Cc1cccc(C(C)C)c1Nc1cc(C(=O)Nc2cccc(C#N)c2)ncn1. The van der Waals surface area contributed by atoms with Crippen molar-refractivity contribution in [3.8, 4) is 6.07 Å². The topological polar surface area (TPSA) is 90.7 Å². The van der Waals surface area contributed by atoms with Crippen LogP contribution < -0.4 is 10.6 Å². The third kappa shape index (κ3) is 4.33. The van der Waals surface area contributed by atoms with Crippen molar-refractivity contribution < 1.29 is 4.79 Å². The van der Waals surface area contributed by atoms with E-state index in [-0.39, 0.29) is 11.6 Å². The fraction of sp³-hybridized carbons (Fsp3) is 0.182. The number of nitrogens with zero attached hydrogens (tertiary/aromatic N) is 3. The second kappa shape index (κ2) is 8.31. The van der Waals surface area contributed by atoms with E-state index in [1.807, 2.05) is 25.1 Å². The second-order valence-electron chi connectivity index (χ2n) is 6.75. The van der Waals surface area contributed by atoms with Crippen LogP contribution in [0.3, 0.4) is 0 Å². The Hall–Kier alpha value is -3.72. The molecule has 0 atom stereocenters. The van der Waals surface area contributed by atoms with Gasteiger partial charge in [-0.3, -0.25) is 4.79 Å². The van der Waals surface area contributed by atoms with Gasteiger partial charge in [0.1, 0.15) is 17.8 Å². The molecular weight excluding hydrogens is 350 g/mol. The van der Waals surface area contributed by atoms with Crippen molar-refractivity contribution >= 4 is 23.1 Å². The Kier molecular flexibility index (Phi) is 5.66. The first-order valence-electron chi connectivity index (χ1n) is 8.98. The Balaban J connectivity index is 1.83. The molecule has 1 aromatic heterocycles. The maximum Gasteiger partial charge on any atom is 0.274 e. The summed E-state index contributed by atoms with van der Waals surface area (Å²) in [5.74, 6) is 0.524. The normalized spacial score (nSPS) is 10.4. The average Bonchev–Trinajstić information content (AvgIpc) is 2.69. The summed E-state index contributed by atoms with van der Waals surface area (Å²) >= 11 is 0. The number of benzene rings is 2. The quantitative estimate of drug-likeness (QED) is 0.674. The zero-order valence-corrected chi connectivity index (χ0v) is 16.0. The molecule has 0 aliphatic heterocycles. The summed E-state index contributed by atoms with van der Waals surface area (Å²) in [6.45, 7) is 6.30. The summed E-state index contributed by atoms with van der Waals surface area (Å²) in [4.78, 5) is 20.9. The molecule has 6 nitrogen and oxygen atoms in total. The van der Waals surface area contributed by atoms with Gasteiger partial charge in [-0.25, -0.2) is 9.97 Å². The number of para-hydroxylation sites is 1. The third-order valence-corrected chi connectivity index (χ3v) is 4.33. The fourth-order valence-electron chi connectivity index (χ4n) is 2.88. The van der Waals surface area contributed by atoms with E-state index in [1.54, 1.807) is 30.3 Å². The van der Waals surface area contributed by atoms with Gasteiger partial charge in [-0.05, 0) is 42.2 Å². The first-order valence-corrected chi connectivity index (χ1v) is 8.98. The van der Waals surface area contributed by atoms with Crippen molar-refractivity contribution in [1.82, 2.24) is 9.97 Å². The van der Waals surface area contributed by atoms with Crippen molar-refractivity contribution in [2.45, 2.75) is 26.7 Å². The molecule has 1 heterocycles. The van der Waals surface area contributed by atoms with Crippen LogP contribution >= 0.6 is 0 Å². The molecule has 0 aliphatic rings. The predicted octanol–water partition coefficient (Wildman–Crippen LogP) is 4.78. The lowest BCUT2D eigenvalue weighted by atomic mass is 9.98. The van der Waals surface area contributed by atoms with Gasteiger partial charge in [0.05, 0.1) is 11.6 Å². The Labute approximate surface area is 164 Å². The van der Waals surface area contributed by atoms with E-state index in [0.717, 1.165) is 11.3 Å². The molecule has 3 rings (SSSR count). The molecule has 2 N–H and O–H groups in total. The molecule has 0 spiro atoms. The van der Waals surface area contributed by atoms with Crippen LogP contribution in [0.25, 0.3) is 0 Å². The van der Waals surface area contributed by atoms with Crippen molar-refractivity contribution in [2.75, 3.05) is 10.6 Å². The van der Waals surface area contributed by atoms with Gasteiger partial charge in [-0.15, -0.1) is 0 Å². The van der Waals surface area contributed by atoms with Crippen LogP contribution in [0.4, 0.5) is 17.2 Å². The number of hydrogen-bond acceptors (Lipinski definition) is 5. The maximum atomic E-state index is 12.5. The highest BCUT2D eigenvalue weighted by Gasteiger charge is 2.13. The second-order valence-corrected chi connectivity index (χ2v) is 6.75. The number of nitrogens with one attached hydrogen (secondary N) is 2. The molecule has 1 amide bonds. The van der Waals surface area contributed by atoms with Crippen LogP contribution in [0, 0.1) is 18.3 Å². The Morgan fingerprint density at radius 1 is 1.11 bits per heavy atom. The fourth-order valence-corrected chi connectivity index (χ4v) is 2.88. The van der Waals surface area contributed by atoms with Crippen molar-refractivity contribution in [3.05, 3.63) is 77.2 Å². The number of carbonyl (C=O) groups is 1. The number of aryl methyl sites for hydroxylation is 1. The van der Waals surface area contributed by atoms with E-state index < -0.39 is 0 Å². The lowest BCUT2D eigenvalue weighted by molar-refractivity contribution is 0.102. The smallest absolute Gasteiger partial charge is 0.274 e. The first-order chi connectivity index (χ1) is 13.5. The first kappa shape index (κ1) is 19.1. The number of rotatable bonds is 5.